The van der Waals surface area contributed by atoms with Gasteiger partial charge in [0.25, 0.3) is 5.91 Å². The zero-order chi connectivity index (χ0) is 21.9. The minimum absolute atomic E-state index is 0.0805. The van der Waals surface area contributed by atoms with Crippen molar-refractivity contribution in [2.24, 2.45) is 0 Å². The first-order valence-electron chi connectivity index (χ1n) is 10.4. The molecule has 5 rings (SSSR count). The van der Waals surface area contributed by atoms with Crippen molar-refractivity contribution < 1.29 is 14.6 Å². The molecule has 1 amide bonds. The number of benzene rings is 2. The molecule has 2 aromatic carbocycles. The number of amides is 1. The van der Waals surface area contributed by atoms with Crippen LogP contribution in [0.15, 0.2) is 60.9 Å². The van der Waals surface area contributed by atoms with Crippen molar-refractivity contribution in [3.8, 4) is 11.4 Å². The van der Waals surface area contributed by atoms with Gasteiger partial charge in [0.15, 0.2) is 0 Å². The van der Waals surface area contributed by atoms with E-state index >= 15 is 0 Å². The number of hydrogen-bond donors (Lipinski definition) is 1. The Kier molecular flexibility index (Phi) is 5.57. The largest absolute Gasteiger partial charge is 0.394 e. The van der Waals surface area contributed by atoms with Gasteiger partial charge in [0.05, 0.1) is 49.3 Å². The summed E-state index contributed by atoms with van der Waals surface area (Å²) in [4.78, 5) is 23.9. The Morgan fingerprint density at radius 3 is 2.78 bits per heavy atom. The molecule has 1 aliphatic heterocycles. The number of fused-ring (bicyclic) bond motifs is 1. The summed E-state index contributed by atoms with van der Waals surface area (Å²) in [5.74, 6) is -0.0805. The molecule has 162 valence electrons. The number of aromatic nitrogens is 5. The van der Waals surface area contributed by atoms with Crippen molar-refractivity contribution in [2.45, 2.75) is 12.6 Å². The van der Waals surface area contributed by atoms with Gasteiger partial charge in [0.2, 0.25) is 0 Å². The minimum atomic E-state index is -0.346. The second-order valence-electron chi connectivity index (χ2n) is 7.63. The van der Waals surface area contributed by atoms with Crippen molar-refractivity contribution in [3.05, 3.63) is 72.1 Å². The average molecular weight is 430 g/mol. The highest BCUT2D eigenvalue weighted by Crippen LogP contribution is 2.19. The lowest BCUT2D eigenvalue weighted by atomic mass is 10.1. The Bertz CT molecular complexity index is 1260. The fraction of sp³-hybridized carbons (Fsp3) is 0.261. The highest BCUT2D eigenvalue weighted by molar-refractivity contribution is 5.95. The van der Waals surface area contributed by atoms with E-state index in [1.807, 2.05) is 48.5 Å². The number of aliphatic hydroxyl groups excluding tert-OH is 1. The predicted octanol–water partition coefficient (Wildman–Crippen LogP) is 1.77. The Hall–Kier alpha value is -3.69. The van der Waals surface area contributed by atoms with Crippen LogP contribution in [0, 0.1) is 0 Å². The number of hydrogen-bond acceptors (Lipinski definition) is 7. The number of ether oxygens (including phenoxy) is 1. The van der Waals surface area contributed by atoms with E-state index in [2.05, 4.69) is 20.3 Å². The van der Waals surface area contributed by atoms with Gasteiger partial charge in [-0.05, 0) is 23.8 Å². The number of nitrogens with zero attached hydrogens (tertiary/aromatic N) is 6. The standard InChI is InChI=1S/C23H22N6O3/c30-15-17-13-28(9-10-32-17)23(31)18-6-2-1-5-16(18)12-29-14-22(26-27-29)21-11-24-19-7-3-4-8-20(19)25-21/h1-8,11,14,17,30H,9-10,12-13,15H2. The summed E-state index contributed by atoms with van der Waals surface area (Å²) in [6, 6.07) is 15.1. The first-order valence-corrected chi connectivity index (χ1v) is 10.4. The maximum atomic E-state index is 13.1. The van der Waals surface area contributed by atoms with E-state index in [1.54, 1.807) is 22.0 Å². The lowest BCUT2D eigenvalue weighted by Crippen LogP contribution is -2.47. The molecule has 4 aromatic rings. The maximum Gasteiger partial charge on any atom is 0.254 e. The van der Waals surface area contributed by atoms with Gasteiger partial charge in [-0.1, -0.05) is 35.5 Å². The van der Waals surface area contributed by atoms with Crippen molar-refractivity contribution in [3.63, 3.8) is 0 Å². The Morgan fingerprint density at radius 2 is 1.91 bits per heavy atom. The molecule has 1 saturated heterocycles. The molecule has 0 spiro atoms. The lowest BCUT2D eigenvalue weighted by molar-refractivity contribution is -0.0447. The van der Waals surface area contributed by atoms with Crippen LogP contribution in [0.1, 0.15) is 15.9 Å². The summed E-state index contributed by atoms with van der Waals surface area (Å²) < 4.78 is 7.15. The van der Waals surface area contributed by atoms with Crippen LogP contribution in [0.2, 0.25) is 0 Å². The van der Waals surface area contributed by atoms with Crippen LogP contribution in [0.4, 0.5) is 0 Å². The SMILES string of the molecule is O=C(c1ccccc1Cn1cc(-c2cnc3ccccc3n2)nn1)N1CCOC(CO)C1. The van der Waals surface area contributed by atoms with Gasteiger partial charge in [0.1, 0.15) is 11.4 Å². The third kappa shape index (κ3) is 4.08. The predicted molar refractivity (Wildman–Crippen MR) is 117 cm³/mol. The lowest BCUT2D eigenvalue weighted by Gasteiger charge is -2.32. The average Bonchev–Trinajstić information content (AvgIpc) is 3.32. The molecule has 0 bridgehead atoms. The fourth-order valence-electron chi connectivity index (χ4n) is 3.80. The van der Waals surface area contributed by atoms with E-state index in [-0.39, 0.29) is 18.6 Å². The van der Waals surface area contributed by atoms with E-state index < -0.39 is 0 Å². The molecule has 1 fully saturated rings. The molecular formula is C23H22N6O3. The van der Waals surface area contributed by atoms with Crippen LogP contribution in [0.3, 0.4) is 0 Å². The number of rotatable bonds is 5. The summed E-state index contributed by atoms with van der Waals surface area (Å²) in [5, 5.41) is 17.8. The molecule has 32 heavy (non-hydrogen) atoms. The molecule has 3 heterocycles. The van der Waals surface area contributed by atoms with Gasteiger partial charge in [0, 0.05) is 18.7 Å². The van der Waals surface area contributed by atoms with Gasteiger partial charge in [-0.15, -0.1) is 5.10 Å². The number of para-hydroxylation sites is 2. The molecule has 1 atom stereocenters. The summed E-state index contributed by atoms with van der Waals surface area (Å²) in [6.45, 7) is 1.57. The van der Waals surface area contributed by atoms with Gasteiger partial charge in [-0.3, -0.25) is 9.78 Å². The molecule has 2 aromatic heterocycles. The highest BCUT2D eigenvalue weighted by atomic mass is 16.5. The summed E-state index contributed by atoms with van der Waals surface area (Å²) in [5.41, 5.74) is 4.32. The zero-order valence-corrected chi connectivity index (χ0v) is 17.3. The molecule has 1 aliphatic rings. The van der Waals surface area contributed by atoms with Crippen molar-refractivity contribution in [1.29, 1.82) is 0 Å². The summed E-state index contributed by atoms with van der Waals surface area (Å²) in [7, 11) is 0. The first kappa shape index (κ1) is 20.2. The van der Waals surface area contributed by atoms with E-state index in [1.165, 1.54) is 0 Å². The van der Waals surface area contributed by atoms with Gasteiger partial charge in [-0.25, -0.2) is 9.67 Å². The fourth-order valence-corrected chi connectivity index (χ4v) is 3.80. The second kappa shape index (κ2) is 8.81. The van der Waals surface area contributed by atoms with Crippen molar-refractivity contribution in [2.75, 3.05) is 26.3 Å². The molecular weight excluding hydrogens is 408 g/mol. The number of morpholine rings is 1. The molecule has 9 heteroatoms. The quantitative estimate of drug-likeness (QED) is 0.514. The van der Waals surface area contributed by atoms with Crippen LogP contribution < -0.4 is 0 Å². The Morgan fingerprint density at radius 1 is 1.09 bits per heavy atom. The smallest absolute Gasteiger partial charge is 0.254 e. The van der Waals surface area contributed by atoms with Crippen LogP contribution >= 0.6 is 0 Å². The summed E-state index contributed by atoms with van der Waals surface area (Å²) in [6.07, 6.45) is 3.14. The Labute approximate surface area is 184 Å². The van der Waals surface area contributed by atoms with E-state index in [4.69, 9.17) is 4.74 Å². The minimum Gasteiger partial charge on any atom is -0.394 e. The highest BCUT2D eigenvalue weighted by Gasteiger charge is 2.26. The van der Waals surface area contributed by atoms with E-state index in [9.17, 15) is 9.90 Å². The Balaban J connectivity index is 1.37. The van der Waals surface area contributed by atoms with E-state index in [0.717, 1.165) is 16.6 Å². The molecule has 0 saturated carbocycles. The van der Waals surface area contributed by atoms with Crippen LogP contribution in [-0.4, -0.2) is 73.3 Å². The van der Waals surface area contributed by atoms with E-state index in [0.29, 0.717) is 43.2 Å². The molecule has 0 aliphatic carbocycles. The zero-order valence-electron chi connectivity index (χ0n) is 17.3. The first-order chi connectivity index (χ1) is 15.7. The van der Waals surface area contributed by atoms with Crippen LogP contribution in [-0.2, 0) is 11.3 Å². The molecule has 9 nitrogen and oxygen atoms in total. The normalized spacial score (nSPS) is 16.4. The number of carbonyl (C=O) groups is 1. The monoisotopic (exact) mass is 430 g/mol. The van der Waals surface area contributed by atoms with Crippen molar-refractivity contribution in [1.82, 2.24) is 29.9 Å². The number of carbonyl (C=O) groups excluding carboxylic acids is 1. The van der Waals surface area contributed by atoms with Gasteiger partial charge in [-0.2, -0.15) is 0 Å². The number of aliphatic hydroxyl groups is 1. The second-order valence-corrected chi connectivity index (χ2v) is 7.63. The third-order valence-corrected chi connectivity index (χ3v) is 5.46. The molecule has 0 radical (unpaired) electrons. The summed E-state index contributed by atoms with van der Waals surface area (Å²) >= 11 is 0. The van der Waals surface area contributed by atoms with Crippen LogP contribution in [0.25, 0.3) is 22.4 Å². The third-order valence-electron chi connectivity index (χ3n) is 5.46. The maximum absolute atomic E-state index is 13.1. The molecule has 1 N–H and O–H groups in total. The topological polar surface area (TPSA) is 106 Å². The van der Waals surface area contributed by atoms with Gasteiger partial charge < -0.3 is 14.7 Å². The van der Waals surface area contributed by atoms with Gasteiger partial charge >= 0.3 is 0 Å². The van der Waals surface area contributed by atoms with Crippen molar-refractivity contribution >= 4 is 16.9 Å². The van der Waals surface area contributed by atoms with Crippen LogP contribution in [0.5, 0.6) is 0 Å². The molecule has 1 unspecified atom stereocenters.